The molecule has 3 heteroatoms. The first-order valence-corrected chi connectivity index (χ1v) is 7.64. The van der Waals surface area contributed by atoms with Crippen LogP contribution in [0.3, 0.4) is 0 Å². The smallest absolute Gasteiger partial charge is 0.127 e. The number of rotatable bonds is 6. The van der Waals surface area contributed by atoms with Gasteiger partial charge < -0.3 is 14.8 Å². The van der Waals surface area contributed by atoms with Crippen molar-refractivity contribution in [2.45, 2.75) is 39.2 Å². The van der Waals surface area contributed by atoms with Crippen molar-refractivity contribution in [2.24, 2.45) is 11.8 Å². The van der Waals surface area contributed by atoms with Crippen LogP contribution >= 0.6 is 0 Å². The number of ether oxygens (including phenoxy) is 2. The van der Waals surface area contributed by atoms with Gasteiger partial charge >= 0.3 is 0 Å². The fourth-order valence-corrected chi connectivity index (χ4v) is 3.15. The third kappa shape index (κ3) is 4.14. The zero-order chi connectivity index (χ0) is 14.4. The van der Waals surface area contributed by atoms with E-state index in [1.165, 1.54) is 31.2 Å². The Kier molecular flexibility index (Phi) is 5.72. The Hall–Kier alpha value is -1.22. The van der Waals surface area contributed by atoms with E-state index in [4.69, 9.17) is 9.47 Å². The molecule has 2 atom stereocenters. The maximum absolute atomic E-state index is 5.43. The van der Waals surface area contributed by atoms with Crippen molar-refractivity contribution < 1.29 is 9.47 Å². The van der Waals surface area contributed by atoms with Crippen LogP contribution in [0, 0.1) is 11.8 Å². The topological polar surface area (TPSA) is 30.5 Å². The number of benzene rings is 1. The molecule has 0 bridgehead atoms. The molecule has 0 spiro atoms. The van der Waals surface area contributed by atoms with Crippen LogP contribution in [0.2, 0.25) is 0 Å². The highest BCUT2D eigenvalue weighted by molar-refractivity contribution is 5.40. The van der Waals surface area contributed by atoms with E-state index in [0.717, 1.165) is 36.4 Å². The van der Waals surface area contributed by atoms with Gasteiger partial charge in [0.1, 0.15) is 11.5 Å². The first kappa shape index (κ1) is 15.2. The summed E-state index contributed by atoms with van der Waals surface area (Å²) in [5, 5.41) is 3.58. The van der Waals surface area contributed by atoms with Crippen molar-refractivity contribution >= 4 is 0 Å². The maximum Gasteiger partial charge on any atom is 0.127 e. The first-order valence-electron chi connectivity index (χ1n) is 7.64. The van der Waals surface area contributed by atoms with Gasteiger partial charge in [-0.15, -0.1) is 0 Å². The predicted molar refractivity (Wildman–Crippen MR) is 82.4 cm³/mol. The molecule has 1 saturated carbocycles. The van der Waals surface area contributed by atoms with E-state index in [1.807, 2.05) is 12.1 Å². The van der Waals surface area contributed by atoms with Crippen LogP contribution in [0.15, 0.2) is 18.2 Å². The van der Waals surface area contributed by atoms with Gasteiger partial charge in [-0.25, -0.2) is 0 Å². The minimum absolute atomic E-state index is 0.836. The number of nitrogens with one attached hydrogen (secondary N) is 1. The van der Waals surface area contributed by atoms with Gasteiger partial charge in [0, 0.05) is 18.2 Å². The van der Waals surface area contributed by atoms with Gasteiger partial charge in [-0.1, -0.05) is 25.8 Å². The van der Waals surface area contributed by atoms with Gasteiger partial charge in [-0.3, -0.25) is 0 Å². The summed E-state index contributed by atoms with van der Waals surface area (Å²) in [6, 6.07) is 6.01. The van der Waals surface area contributed by atoms with Crippen LogP contribution < -0.4 is 14.8 Å². The zero-order valence-corrected chi connectivity index (χ0v) is 12.9. The Bertz CT molecular complexity index is 419. The molecule has 1 N–H and O–H groups in total. The lowest BCUT2D eigenvalue weighted by Gasteiger charge is -2.27. The summed E-state index contributed by atoms with van der Waals surface area (Å²) in [4.78, 5) is 0. The van der Waals surface area contributed by atoms with Gasteiger partial charge in [-0.2, -0.15) is 0 Å². The molecule has 20 heavy (non-hydrogen) atoms. The summed E-state index contributed by atoms with van der Waals surface area (Å²) in [5.74, 6) is 3.47. The Balaban J connectivity index is 1.84. The molecule has 3 nitrogen and oxygen atoms in total. The second-order valence-electron chi connectivity index (χ2n) is 5.95. The van der Waals surface area contributed by atoms with Gasteiger partial charge in [0.2, 0.25) is 0 Å². The molecular weight excluding hydrogens is 250 g/mol. The Morgan fingerprint density at radius 3 is 2.75 bits per heavy atom. The third-order valence-electron chi connectivity index (χ3n) is 4.29. The van der Waals surface area contributed by atoms with Crippen molar-refractivity contribution in [2.75, 3.05) is 20.8 Å². The molecule has 2 unspecified atom stereocenters. The van der Waals surface area contributed by atoms with Gasteiger partial charge in [0.15, 0.2) is 0 Å². The predicted octanol–water partition coefficient (Wildman–Crippen LogP) is 3.62. The van der Waals surface area contributed by atoms with Crippen molar-refractivity contribution in [1.29, 1.82) is 0 Å². The lowest BCUT2D eigenvalue weighted by Crippen LogP contribution is -2.26. The minimum atomic E-state index is 0.836. The Morgan fingerprint density at radius 2 is 2.05 bits per heavy atom. The highest BCUT2D eigenvalue weighted by Gasteiger charge is 2.18. The molecule has 112 valence electrons. The van der Waals surface area contributed by atoms with E-state index in [9.17, 15) is 0 Å². The van der Waals surface area contributed by atoms with E-state index in [-0.39, 0.29) is 0 Å². The normalized spacial score (nSPS) is 22.6. The summed E-state index contributed by atoms with van der Waals surface area (Å²) in [5.41, 5.74) is 1.19. The molecule has 0 saturated heterocycles. The standard InChI is InChI=1S/C17H27NO2/c1-13-5-4-6-14(9-13)11-18-12-15-7-8-16(19-2)10-17(15)20-3/h7-8,10,13-14,18H,4-6,9,11-12H2,1-3H3. The van der Waals surface area contributed by atoms with Crippen LogP contribution in [-0.2, 0) is 6.54 Å². The van der Waals surface area contributed by atoms with E-state index in [1.54, 1.807) is 14.2 Å². The largest absolute Gasteiger partial charge is 0.497 e. The van der Waals surface area contributed by atoms with Crippen molar-refractivity contribution in [3.8, 4) is 11.5 Å². The SMILES string of the molecule is COc1ccc(CNCC2CCCC(C)C2)c(OC)c1. The van der Waals surface area contributed by atoms with Crippen molar-refractivity contribution in [3.63, 3.8) is 0 Å². The molecule has 0 heterocycles. The summed E-state index contributed by atoms with van der Waals surface area (Å²) < 4.78 is 10.7. The number of hydrogen-bond acceptors (Lipinski definition) is 3. The summed E-state index contributed by atoms with van der Waals surface area (Å²) in [6.45, 7) is 4.34. The Morgan fingerprint density at radius 1 is 1.20 bits per heavy atom. The lowest BCUT2D eigenvalue weighted by atomic mass is 9.82. The molecule has 0 aliphatic heterocycles. The van der Waals surface area contributed by atoms with E-state index >= 15 is 0 Å². The molecule has 0 radical (unpaired) electrons. The maximum atomic E-state index is 5.43. The van der Waals surface area contributed by atoms with Crippen LogP contribution in [0.5, 0.6) is 11.5 Å². The molecule has 1 aromatic carbocycles. The second-order valence-corrected chi connectivity index (χ2v) is 5.95. The monoisotopic (exact) mass is 277 g/mol. The average Bonchev–Trinajstić information content (AvgIpc) is 2.47. The number of methoxy groups -OCH3 is 2. The van der Waals surface area contributed by atoms with E-state index in [2.05, 4.69) is 18.3 Å². The average molecular weight is 277 g/mol. The third-order valence-corrected chi connectivity index (χ3v) is 4.29. The van der Waals surface area contributed by atoms with Crippen LogP contribution in [0.1, 0.15) is 38.2 Å². The second kappa shape index (κ2) is 7.53. The highest BCUT2D eigenvalue weighted by Crippen LogP contribution is 2.28. The Labute approximate surface area is 122 Å². The quantitative estimate of drug-likeness (QED) is 0.861. The molecule has 1 aliphatic rings. The van der Waals surface area contributed by atoms with Crippen LogP contribution in [-0.4, -0.2) is 20.8 Å². The summed E-state index contributed by atoms with van der Waals surface area (Å²) >= 11 is 0. The molecular formula is C17H27NO2. The van der Waals surface area contributed by atoms with Crippen LogP contribution in [0.4, 0.5) is 0 Å². The minimum Gasteiger partial charge on any atom is -0.497 e. The van der Waals surface area contributed by atoms with Gasteiger partial charge in [0.05, 0.1) is 14.2 Å². The van der Waals surface area contributed by atoms with Crippen molar-refractivity contribution in [3.05, 3.63) is 23.8 Å². The van der Waals surface area contributed by atoms with E-state index in [0.29, 0.717) is 0 Å². The molecule has 2 rings (SSSR count). The first-order chi connectivity index (χ1) is 9.72. The number of hydrogen-bond donors (Lipinski definition) is 1. The molecule has 0 amide bonds. The molecule has 0 aromatic heterocycles. The summed E-state index contributed by atoms with van der Waals surface area (Å²) in [6.07, 6.45) is 5.53. The van der Waals surface area contributed by atoms with Crippen LogP contribution in [0.25, 0.3) is 0 Å². The fraction of sp³-hybridized carbons (Fsp3) is 0.647. The zero-order valence-electron chi connectivity index (χ0n) is 12.9. The molecule has 1 fully saturated rings. The van der Waals surface area contributed by atoms with Gasteiger partial charge in [0.25, 0.3) is 0 Å². The molecule has 1 aliphatic carbocycles. The lowest BCUT2D eigenvalue weighted by molar-refractivity contribution is 0.273. The van der Waals surface area contributed by atoms with Crippen molar-refractivity contribution in [1.82, 2.24) is 5.32 Å². The fourth-order valence-electron chi connectivity index (χ4n) is 3.15. The highest BCUT2D eigenvalue weighted by atomic mass is 16.5. The van der Waals surface area contributed by atoms with E-state index < -0.39 is 0 Å². The molecule has 1 aromatic rings. The van der Waals surface area contributed by atoms with Gasteiger partial charge in [-0.05, 0) is 37.3 Å². The summed E-state index contributed by atoms with van der Waals surface area (Å²) in [7, 11) is 3.39.